The lowest BCUT2D eigenvalue weighted by Crippen LogP contribution is -2.23. The lowest BCUT2D eigenvalue weighted by atomic mass is 9.73. The molecule has 0 aliphatic heterocycles. The molecule has 0 aromatic rings. The molecule has 0 bridgehead atoms. The van der Waals surface area contributed by atoms with E-state index >= 15 is 0 Å². The molecule has 3 atom stereocenters. The largest absolute Gasteiger partial charge is 0.0651 e. The standard InChI is InChI=1S/C16H34/c1-7-13(6)12-15(10-4)16(11-5)14(8-2)9-3/h13-16H,7-12H2,1-6H3. The number of hydrogen-bond donors (Lipinski definition) is 0. The second-order valence-corrected chi connectivity index (χ2v) is 5.57. The first-order valence-electron chi connectivity index (χ1n) is 7.64. The van der Waals surface area contributed by atoms with E-state index in [2.05, 4.69) is 41.5 Å². The van der Waals surface area contributed by atoms with Crippen molar-refractivity contribution in [2.24, 2.45) is 23.7 Å². The molecule has 0 amide bonds. The first kappa shape index (κ1) is 16.0. The van der Waals surface area contributed by atoms with E-state index in [0.29, 0.717) is 0 Å². The minimum atomic E-state index is 0.911. The molecule has 0 rings (SSSR count). The van der Waals surface area contributed by atoms with Gasteiger partial charge in [-0.1, -0.05) is 73.6 Å². The summed E-state index contributed by atoms with van der Waals surface area (Å²) in [4.78, 5) is 0. The number of rotatable bonds is 9. The van der Waals surface area contributed by atoms with Crippen molar-refractivity contribution in [3.8, 4) is 0 Å². The van der Waals surface area contributed by atoms with Crippen LogP contribution in [0.1, 0.15) is 80.1 Å². The van der Waals surface area contributed by atoms with E-state index in [9.17, 15) is 0 Å². The summed E-state index contributed by atoms with van der Waals surface area (Å²) in [5.74, 6) is 3.80. The SMILES string of the molecule is CCC(C)CC(CC)C(CC)C(CC)CC. The minimum absolute atomic E-state index is 0.911. The average molecular weight is 226 g/mol. The quantitative estimate of drug-likeness (QED) is 0.458. The molecule has 0 aromatic carbocycles. The molecule has 0 aromatic heterocycles. The van der Waals surface area contributed by atoms with Gasteiger partial charge in [-0.25, -0.2) is 0 Å². The lowest BCUT2D eigenvalue weighted by molar-refractivity contribution is 0.172. The highest BCUT2D eigenvalue weighted by Gasteiger charge is 2.25. The third-order valence-electron chi connectivity index (χ3n) is 4.66. The molecule has 0 spiro atoms. The van der Waals surface area contributed by atoms with Crippen molar-refractivity contribution in [1.29, 1.82) is 0 Å². The van der Waals surface area contributed by atoms with Crippen LogP contribution in [0.25, 0.3) is 0 Å². The maximum absolute atomic E-state index is 2.42. The molecule has 0 saturated carbocycles. The molecule has 0 saturated heterocycles. The second kappa shape index (κ2) is 9.07. The Labute approximate surface area is 104 Å². The van der Waals surface area contributed by atoms with Gasteiger partial charge in [-0.2, -0.15) is 0 Å². The van der Waals surface area contributed by atoms with Crippen molar-refractivity contribution >= 4 is 0 Å². The first-order chi connectivity index (χ1) is 7.64. The Hall–Kier alpha value is 0. The molecule has 0 nitrogen and oxygen atoms in total. The number of hydrogen-bond acceptors (Lipinski definition) is 0. The van der Waals surface area contributed by atoms with Gasteiger partial charge in [0, 0.05) is 0 Å². The van der Waals surface area contributed by atoms with Crippen LogP contribution < -0.4 is 0 Å². The Balaban J connectivity index is 4.47. The molecule has 0 aliphatic carbocycles. The molecule has 0 fully saturated rings. The van der Waals surface area contributed by atoms with Gasteiger partial charge >= 0.3 is 0 Å². The van der Waals surface area contributed by atoms with E-state index in [-0.39, 0.29) is 0 Å². The van der Waals surface area contributed by atoms with E-state index in [4.69, 9.17) is 0 Å². The Kier molecular flexibility index (Phi) is 9.07. The summed E-state index contributed by atoms with van der Waals surface area (Å²) in [6, 6.07) is 0. The Morgan fingerprint density at radius 3 is 1.44 bits per heavy atom. The minimum Gasteiger partial charge on any atom is -0.0651 e. The molecular weight excluding hydrogens is 192 g/mol. The predicted octanol–water partition coefficient (Wildman–Crippen LogP) is 5.91. The predicted molar refractivity (Wildman–Crippen MR) is 75.7 cm³/mol. The van der Waals surface area contributed by atoms with Gasteiger partial charge in [-0.3, -0.25) is 0 Å². The van der Waals surface area contributed by atoms with Crippen LogP contribution in [0.2, 0.25) is 0 Å². The van der Waals surface area contributed by atoms with Gasteiger partial charge in [0.05, 0.1) is 0 Å². The van der Waals surface area contributed by atoms with Crippen molar-refractivity contribution in [2.45, 2.75) is 80.1 Å². The van der Waals surface area contributed by atoms with Crippen LogP contribution in [0.3, 0.4) is 0 Å². The van der Waals surface area contributed by atoms with Gasteiger partial charge in [0.15, 0.2) is 0 Å². The Morgan fingerprint density at radius 1 is 0.625 bits per heavy atom. The van der Waals surface area contributed by atoms with Crippen molar-refractivity contribution in [2.75, 3.05) is 0 Å². The van der Waals surface area contributed by atoms with Gasteiger partial charge in [0.1, 0.15) is 0 Å². The molecule has 0 radical (unpaired) electrons. The Bertz CT molecular complexity index is 146. The fraction of sp³-hybridized carbons (Fsp3) is 1.00. The van der Waals surface area contributed by atoms with E-state index in [1.54, 1.807) is 0 Å². The third kappa shape index (κ3) is 4.89. The van der Waals surface area contributed by atoms with Crippen LogP contribution in [0.15, 0.2) is 0 Å². The van der Waals surface area contributed by atoms with E-state index in [0.717, 1.165) is 23.7 Å². The molecule has 0 heteroatoms. The molecule has 0 aliphatic rings. The second-order valence-electron chi connectivity index (χ2n) is 5.57. The van der Waals surface area contributed by atoms with Crippen LogP contribution in [0.4, 0.5) is 0 Å². The van der Waals surface area contributed by atoms with Gasteiger partial charge in [-0.05, 0) is 30.1 Å². The van der Waals surface area contributed by atoms with Crippen LogP contribution >= 0.6 is 0 Å². The maximum Gasteiger partial charge on any atom is -0.0360 e. The zero-order chi connectivity index (χ0) is 12.6. The Morgan fingerprint density at radius 2 is 1.12 bits per heavy atom. The van der Waals surface area contributed by atoms with Crippen molar-refractivity contribution in [3.05, 3.63) is 0 Å². The topological polar surface area (TPSA) is 0 Å². The maximum atomic E-state index is 2.42. The smallest absolute Gasteiger partial charge is 0.0360 e. The molecule has 98 valence electrons. The normalized spacial score (nSPS) is 17.4. The van der Waals surface area contributed by atoms with Crippen LogP contribution in [-0.4, -0.2) is 0 Å². The zero-order valence-electron chi connectivity index (χ0n) is 12.6. The summed E-state index contributed by atoms with van der Waals surface area (Å²) in [5.41, 5.74) is 0. The third-order valence-corrected chi connectivity index (χ3v) is 4.66. The summed E-state index contributed by atoms with van der Waals surface area (Å²) in [5, 5.41) is 0. The van der Waals surface area contributed by atoms with E-state index in [1.165, 1.54) is 38.5 Å². The highest BCUT2D eigenvalue weighted by molar-refractivity contribution is 4.76. The van der Waals surface area contributed by atoms with Crippen LogP contribution in [0.5, 0.6) is 0 Å². The summed E-state index contributed by atoms with van der Waals surface area (Å²) < 4.78 is 0. The first-order valence-corrected chi connectivity index (χ1v) is 7.64. The fourth-order valence-electron chi connectivity index (χ4n) is 3.27. The van der Waals surface area contributed by atoms with E-state index < -0.39 is 0 Å². The fourth-order valence-corrected chi connectivity index (χ4v) is 3.27. The lowest BCUT2D eigenvalue weighted by Gasteiger charge is -2.33. The molecule has 0 N–H and O–H groups in total. The van der Waals surface area contributed by atoms with Crippen LogP contribution in [-0.2, 0) is 0 Å². The molecular formula is C16H34. The van der Waals surface area contributed by atoms with Gasteiger partial charge in [-0.15, -0.1) is 0 Å². The van der Waals surface area contributed by atoms with Gasteiger partial charge in [0.25, 0.3) is 0 Å². The highest BCUT2D eigenvalue weighted by Crippen LogP contribution is 2.35. The van der Waals surface area contributed by atoms with Gasteiger partial charge < -0.3 is 0 Å². The van der Waals surface area contributed by atoms with Crippen molar-refractivity contribution in [1.82, 2.24) is 0 Å². The van der Waals surface area contributed by atoms with Crippen molar-refractivity contribution < 1.29 is 0 Å². The molecule has 3 unspecified atom stereocenters. The molecule has 0 heterocycles. The van der Waals surface area contributed by atoms with Crippen molar-refractivity contribution in [3.63, 3.8) is 0 Å². The van der Waals surface area contributed by atoms with Crippen LogP contribution in [0, 0.1) is 23.7 Å². The summed E-state index contributed by atoms with van der Waals surface area (Å²) in [6.45, 7) is 14.3. The summed E-state index contributed by atoms with van der Waals surface area (Å²) in [6.07, 6.45) is 8.27. The van der Waals surface area contributed by atoms with Gasteiger partial charge in [0.2, 0.25) is 0 Å². The summed E-state index contributed by atoms with van der Waals surface area (Å²) in [7, 11) is 0. The van der Waals surface area contributed by atoms with E-state index in [1.807, 2.05) is 0 Å². The average Bonchev–Trinajstić information content (AvgIpc) is 2.33. The molecule has 16 heavy (non-hydrogen) atoms. The summed E-state index contributed by atoms with van der Waals surface area (Å²) >= 11 is 0. The zero-order valence-corrected chi connectivity index (χ0v) is 12.6. The highest BCUT2D eigenvalue weighted by atomic mass is 14.3. The monoisotopic (exact) mass is 226 g/mol.